The van der Waals surface area contributed by atoms with Gasteiger partial charge >= 0.3 is 0 Å². The minimum Gasteiger partial charge on any atom is -0.445 e. The molecule has 26 heavy (non-hydrogen) atoms. The lowest BCUT2D eigenvalue weighted by molar-refractivity contribution is 0.443. The molecular weight excluding hydrogens is 350 g/mol. The van der Waals surface area contributed by atoms with Crippen LogP contribution >= 0.6 is 0 Å². The molecule has 2 aromatic heterocycles. The first kappa shape index (κ1) is 18.1. The molecule has 0 N–H and O–H groups in total. The van der Waals surface area contributed by atoms with Crippen molar-refractivity contribution in [3.63, 3.8) is 0 Å². The third-order valence-electron chi connectivity index (χ3n) is 4.02. The highest BCUT2D eigenvalue weighted by atomic mass is 32.2. The predicted molar refractivity (Wildman–Crippen MR) is 102 cm³/mol. The van der Waals surface area contributed by atoms with Crippen LogP contribution in [0.15, 0.2) is 73.4 Å². The molecule has 0 fully saturated rings. The molecule has 0 unspecified atom stereocenters. The Bertz CT molecular complexity index is 980. The van der Waals surface area contributed by atoms with E-state index in [1.54, 1.807) is 48.6 Å². The molecule has 0 saturated carbocycles. The maximum atomic E-state index is 12.5. The second-order valence-electron chi connectivity index (χ2n) is 5.65. The minimum absolute atomic E-state index is 0.0772. The molecule has 0 aliphatic rings. The van der Waals surface area contributed by atoms with E-state index in [1.165, 1.54) is 6.07 Å². The molecule has 0 aliphatic heterocycles. The molecule has 0 spiro atoms. The first-order chi connectivity index (χ1) is 12.5. The van der Waals surface area contributed by atoms with Crippen molar-refractivity contribution in [2.75, 3.05) is 18.0 Å². The molecule has 0 radical (unpaired) electrons. The van der Waals surface area contributed by atoms with Gasteiger partial charge in [0, 0.05) is 19.2 Å². The van der Waals surface area contributed by atoms with Crippen molar-refractivity contribution in [1.29, 1.82) is 0 Å². The molecule has 0 aliphatic carbocycles. The third-order valence-corrected chi connectivity index (χ3v) is 5.66. The Morgan fingerprint density at radius 3 is 2.12 bits per heavy atom. The highest BCUT2D eigenvalue weighted by Crippen LogP contribution is 2.24. The number of anilines is 1. The van der Waals surface area contributed by atoms with Crippen molar-refractivity contribution in [2.45, 2.75) is 23.8 Å². The molecule has 136 valence electrons. The van der Waals surface area contributed by atoms with Gasteiger partial charge in [-0.1, -0.05) is 18.2 Å². The van der Waals surface area contributed by atoms with Gasteiger partial charge in [-0.15, -0.1) is 0 Å². The van der Waals surface area contributed by atoms with Crippen LogP contribution in [-0.4, -0.2) is 21.5 Å². The van der Waals surface area contributed by atoms with Crippen molar-refractivity contribution < 1.29 is 17.3 Å². The van der Waals surface area contributed by atoms with Gasteiger partial charge in [-0.2, -0.15) is 0 Å². The topological polar surface area (TPSA) is 63.7 Å². The third kappa shape index (κ3) is 3.75. The number of sulfone groups is 1. The predicted octanol–water partition coefficient (Wildman–Crippen LogP) is 4.72. The first-order valence-corrected chi connectivity index (χ1v) is 9.95. The molecule has 0 amide bonds. The molecular formula is C20H21NO4S. The monoisotopic (exact) mass is 371 g/mol. The van der Waals surface area contributed by atoms with E-state index in [2.05, 4.69) is 18.7 Å². The lowest BCUT2D eigenvalue weighted by Gasteiger charge is -2.16. The summed E-state index contributed by atoms with van der Waals surface area (Å²) in [7, 11) is -3.65. The molecule has 5 nitrogen and oxygen atoms in total. The lowest BCUT2D eigenvalue weighted by Crippen LogP contribution is -2.20. The molecule has 0 saturated heterocycles. The van der Waals surface area contributed by atoms with Crippen LogP contribution in [0, 0.1) is 0 Å². The highest BCUT2D eigenvalue weighted by Gasteiger charge is 2.21. The van der Waals surface area contributed by atoms with E-state index >= 15 is 0 Å². The lowest BCUT2D eigenvalue weighted by atomic mass is 10.3. The fourth-order valence-electron chi connectivity index (χ4n) is 2.59. The molecule has 3 rings (SSSR count). The standard InChI is InChI=1S/C20H21NO4S/c1-3-21(4-2)19-14-12-16(24-19)10-11-17-13-15-20(25-17)26(22,23)18-8-6-5-7-9-18/h5-15H,3-4H2,1-2H3/b11-10+. The van der Waals surface area contributed by atoms with Crippen LogP contribution in [0.4, 0.5) is 5.88 Å². The van der Waals surface area contributed by atoms with E-state index < -0.39 is 9.84 Å². The summed E-state index contributed by atoms with van der Waals surface area (Å²) < 4.78 is 36.3. The zero-order chi connectivity index (χ0) is 18.6. The molecule has 0 bridgehead atoms. The number of furan rings is 2. The quantitative estimate of drug-likeness (QED) is 0.601. The average Bonchev–Trinajstić information content (AvgIpc) is 3.32. The van der Waals surface area contributed by atoms with Crippen molar-refractivity contribution in [3.8, 4) is 0 Å². The summed E-state index contributed by atoms with van der Waals surface area (Å²) in [4.78, 5) is 2.31. The van der Waals surface area contributed by atoms with E-state index in [1.807, 2.05) is 12.1 Å². The van der Waals surface area contributed by atoms with Gasteiger partial charge in [-0.3, -0.25) is 0 Å². The van der Waals surface area contributed by atoms with Crippen molar-refractivity contribution in [1.82, 2.24) is 0 Å². The van der Waals surface area contributed by atoms with Gasteiger partial charge in [0.15, 0.2) is 5.88 Å². The van der Waals surface area contributed by atoms with E-state index in [4.69, 9.17) is 8.83 Å². The van der Waals surface area contributed by atoms with Gasteiger partial charge in [0.05, 0.1) is 4.90 Å². The number of nitrogens with zero attached hydrogens (tertiary/aromatic N) is 1. The summed E-state index contributed by atoms with van der Waals surface area (Å²) in [5.41, 5.74) is 0. The minimum atomic E-state index is -3.65. The summed E-state index contributed by atoms with van der Waals surface area (Å²) in [5.74, 6) is 1.93. The number of hydrogen-bond donors (Lipinski definition) is 0. The smallest absolute Gasteiger partial charge is 0.239 e. The Morgan fingerprint density at radius 2 is 1.46 bits per heavy atom. The van der Waals surface area contributed by atoms with Crippen molar-refractivity contribution in [2.24, 2.45) is 0 Å². The Hall–Kier alpha value is -2.73. The summed E-state index contributed by atoms with van der Waals surface area (Å²) in [6.07, 6.45) is 3.44. The van der Waals surface area contributed by atoms with Gasteiger partial charge in [0.2, 0.25) is 14.9 Å². The average molecular weight is 371 g/mol. The van der Waals surface area contributed by atoms with Gasteiger partial charge in [-0.05, 0) is 56.3 Å². The van der Waals surface area contributed by atoms with Crippen LogP contribution in [0.2, 0.25) is 0 Å². The second kappa shape index (κ2) is 7.66. The summed E-state index contributed by atoms with van der Waals surface area (Å²) >= 11 is 0. The summed E-state index contributed by atoms with van der Waals surface area (Å²) in [6, 6.07) is 15.1. The van der Waals surface area contributed by atoms with Gasteiger partial charge in [-0.25, -0.2) is 8.42 Å². The van der Waals surface area contributed by atoms with Crippen LogP contribution in [0.3, 0.4) is 0 Å². The van der Waals surface area contributed by atoms with Crippen molar-refractivity contribution in [3.05, 3.63) is 66.1 Å². The van der Waals surface area contributed by atoms with Gasteiger partial charge < -0.3 is 13.7 Å². The normalized spacial score (nSPS) is 11.9. The number of benzene rings is 1. The van der Waals surface area contributed by atoms with Crippen LogP contribution in [0.5, 0.6) is 0 Å². The second-order valence-corrected chi connectivity index (χ2v) is 7.54. The first-order valence-electron chi connectivity index (χ1n) is 8.47. The van der Waals surface area contributed by atoms with Crippen LogP contribution in [-0.2, 0) is 9.84 Å². The Morgan fingerprint density at radius 1 is 0.846 bits per heavy atom. The Balaban J connectivity index is 1.78. The van der Waals surface area contributed by atoms with E-state index in [9.17, 15) is 8.42 Å². The number of rotatable bonds is 7. The fraction of sp³-hybridized carbons (Fsp3) is 0.200. The van der Waals surface area contributed by atoms with E-state index in [0.717, 1.165) is 19.0 Å². The largest absolute Gasteiger partial charge is 0.445 e. The zero-order valence-corrected chi connectivity index (χ0v) is 15.6. The maximum absolute atomic E-state index is 12.5. The van der Waals surface area contributed by atoms with E-state index in [-0.39, 0.29) is 9.99 Å². The van der Waals surface area contributed by atoms with Crippen LogP contribution in [0.1, 0.15) is 25.4 Å². The molecule has 0 atom stereocenters. The fourth-order valence-corrected chi connectivity index (χ4v) is 3.79. The number of hydrogen-bond acceptors (Lipinski definition) is 5. The van der Waals surface area contributed by atoms with Gasteiger partial charge in [0.1, 0.15) is 11.5 Å². The Kier molecular flexibility index (Phi) is 5.32. The van der Waals surface area contributed by atoms with Crippen LogP contribution in [0.25, 0.3) is 12.2 Å². The molecule has 3 aromatic rings. The molecule has 2 heterocycles. The van der Waals surface area contributed by atoms with Gasteiger partial charge in [0.25, 0.3) is 0 Å². The van der Waals surface area contributed by atoms with Crippen molar-refractivity contribution >= 4 is 27.9 Å². The molecule has 1 aromatic carbocycles. The maximum Gasteiger partial charge on any atom is 0.239 e. The highest BCUT2D eigenvalue weighted by molar-refractivity contribution is 7.91. The van der Waals surface area contributed by atoms with Crippen LogP contribution < -0.4 is 4.90 Å². The summed E-state index contributed by atoms with van der Waals surface area (Å²) in [6.45, 7) is 5.87. The zero-order valence-electron chi connectivity index (χ0n) is 14.8. The SMILES string of the molecule is CCN(CC)c1ccc(/C=C/c2ccc(S(=O)(=O)c3ccccc3)o2)o1. The molecule has 6 heteroatoms. The summed E-state index contributed by atoms with van der Waals surface area (Å²) in [5, 5.41) is -0.0772. The Labute approximate surface area is 153 Å². The van der Waals surface area contributed by atoms with E-state index in [0.29, 0.717) is 11.5 Å².